The maximum Gasteiger partial charge on any atom is 0.317 e. The van der Waals surface area contributed by atoms with Crippen LogP contribution in [0.25, 0.3) is 0 Å². The zero-order chi connectivity index (χ0) is 8.01. The third kappa shape index (κ3) is 0.800. The fourth-order valence-electron chi connectivity index (χ4n) is 2.10. The number of carbonyl (C=O) groups excluding carboxylic acids is 2. The molecule has 0 amide bonds. The number of esters is 2. The summed E-state index contributed by atoms with van der Waals surface area (Å²) in [7, 11) is 0. The van der Waals surface area contributed by atoms with Crippen LogP contribution < -0.4 is 0 Å². The minimum absolute atomic E-state index is 0.113. The summed E-state index contributed by atoms with van der Waals surface area (Å²) < 4.78 is 4.52. The highest BCUT2D eigenvalue weighted by Crippen LogP contribution is 2.42. The molecule has 1 aliphatic heterocycles. The van der Waals surface area contributed by atoms with E-state index in [0.717, 1.165) is 12.8 Å². The van der Waals surface area contributed by atoms with Crippen LogP contribution in [0.5, 0.6) is 0 Å². The van der Waals surface area contributed by atoms with E-state index >= 15 is 0 Å². The normalized spacial score (nSPS) is 42.5. The summed E-state index contributed by atoms with van der Waals surface area (Å²) in [6.45, 7) is 2.00. The summed E-state index contributed by atoms with van der Waals surface area (Å²) in [6.07, 6.45) is 1.81. The van der Waals surface area contributed by atoms with E-state index in [9.17, 15) is 9.59 Å². The van der Waals surface area contributed by atoms with E-state index in [-0.39, 0.29) is 23.8 Å². The average molecular weight is 154 g/mol. The van der Waals surface area contributed by atoms with Crippen LogP contribution in [0.1, 0.15) is 19.8 Å². The summed E-state index contributed by atoms with van der Waals surface area (Å²) in [6, 6.07) is 0. The molecule has 2 aliphatic rings. The number of hydrogen-bond acceptors (Lipinski definition) is 3. The molecule has 60 valence electrons. The van der Waals surface area contributed by atoms with Crippen LogP contribution in [0.2, 0.25) is 0 Å². The zero-order valence-corrected chi connectivity index (χ0v) is 6.37. The minimum Gasteiger partial charge on any atom is -0.393 e. The second kappa shape index (κ2) is 2.06. The van der Waals surface area contributed by atoms with Crippen molar-refractivity contribution in [2.75, 3.05) is 0 Å². The molecule has 0 aromatic heterocycles. The Kier molecular flexibility index (Phi) is 1.28. The van der Waals surface area contributed by atoms with Gasteiger partial charge in [0.1, 0.15) is 0 Å². The lowest BCUT2D eigenvalue weighted by Crippen LogP contribution is -2.15. The lowest BCUT2D eigenvalue weighted by Gasteiger charge is -2.05. The van der Waals surface area contributed by atoms with Crippen molar-refractivity contribution in [2.24, 2.45) is 17.8 Å². The Balaban J connectivity index is 2.28. The van der Waals surface area contributed by atoms with Crippen LogP contribution in [-0.2, 0) is 14.3 Å². The monoisotopic (exact) mass is 154 g/mol. The number of rotatable bonds is 0. The van der Waals surface area contributed by atoms with Crippen LogP contribution in [0.15, 0.2) is 0 Å². The van der Waals surface area contributed by atoms with Crippen LogP contribution in [0.4, 0.5) is 0 Å². The Morgan fingerprint density at radius 3 is 2.64 bits per heavy atom. The summed E-state index contributed by atoms with van der Waals surface area (Å²) in [4.78, 5) is 22.0. The van der Waals surface area contributed by atoms with Gasteiger partial charge in [0, 0.05) is 0 Å². The molecule has 1 saturated carbocycles. The molecular weight excluding hydrogens is 144 g/mol. The van der Waals surface area contributed by atoms with Gasteiger partial charge in [-0.15, -0.1) is 0 Å². The highest BCUT2D eigenvalue weighted by atomic mass is 16.6. The molecule has 1 heterocycles. The first-order chi connectivity index (χ1) is 5.20. The van der Waals surface area contributed by atoms with Gasteiger partial charge < -0.3 is 4.74 Å². The second-order valence-electron chi connectivity index (χ2n) is 3.43. The van der Waals surface area contributed by atoms with Gasteiger partial charge >= 0.3 is 11.9 Å². The Hall–Kier alpha value is -0.860. The Labute approximate surface area is 64.7 Å². The summed E-state index contributed by atoms with van der Waals surface area (Å²) in [5.74, 6) is -0.506. The van der Waals surface area contributed by atoms with Gasteiger partial charge in [-0.1, -0.05) is 6.92 Å². The van der Waals surface area contributed by atoms with Gasteiger partial charge in [0.05, 0.1) is 11.8 Å². The number of fused-ring (bicyclic) bond motifs is 1. The molecule has 0 aromatic rings. The van der Waals surface area contributed by atoms with Crippen LogP contribution in [0.3, 0.4) is 0 Å². The van der Waals surface area contributed by atoms with Gasteiger partial charge in [-0.05, 0) is 18.8 Å². The van der Waals surface area contributed by atoms with E-state index in [0.29, 0.717) is 5.92 Å². The number of cyclic esters (lactones) is 2. The van der Waals surface area contributed by atoms with Gasteiger partial charge in [0.25, 0.3) is 0 Å². The highest BCUT2D eigenvalue weighted by molar-refractivity contribution is 5.97. The molecule has 3 atom stereocenters. The van der Waals surface area contributed by atoms with Crippen molar-refractivity contribution < 1.29 is 14.3 Å². The van der Waals surface area contributed by atoms with Crippen molar-refractivity contribution in [3.05, 3.63) is 0 Å². The molecule has 2 fully saturated rings. The first-order valence-electron chi connectivity index (χ1n) is 3.95. The Morgan fingerprint density at radius 2 is 2.00 bits per heavy atom. The summed E-state index contributed by atoms with van der Waals surface area (Å²) >= 11 is 0. The predicted octanol–water partition coefficient (Wildman–Crippen LogP) is 0.732. The SMILES string of the molecule is CC1CC[C@H]2C(=O)OC(=O)[C@@H]12. The third-order valence-corrected chi connectivity index (χ3v) is 2.76. The van der Waals surface area contributed by atoms with Gasteiger partial charge in [-0.25, -0.2) is 0 Å². The molecule has 3 heteroatoms. The fraction of sp³-hybridized carbons (Fsp3) is 0.750. The zero-order valence-electron chi connectivity index (χ0n) is 6.37. The number of carbonyl (C=O) groups is 2. The molecule has 11 heavy (non-hydrogen) atoms. The molecule has 1 unspecified atom stereocenters. The molecule has 0 radical (unpaired) electrons. The van der Waals surface area contributed by atoms with E-state index in [4.69, 9.17) is 0 Å². The van der Waals surface area contributed by atoms with Crippen LogP contribution >= 0.6 is 0 Å². The first-order valence-corrected chi connectivity index (χ1v) is 3.95. The smallest absolute Gasteiger partial charge is 0.317 e. The molecule has 1 saturated heterocycles. The lowest BCUT2D eigenvalue weighted by molar-refractivity contribution is -0.154. The van der Waals surface area contributed by atoms with Gasteiger partial charge in [0.15, 0.2) is 0 Å². The van der Waals surface area contributed by atoms with E-state index in [1.807, 2.05) is 6.92 Å². The third-order valence-electron chi connectivity index (χ3n) is 2.76. The number of ether oxygens (including phenoxy) is 1. The largest absolute Gasteiger partial charge is 0.393 e. The van der Waals surface area contributed by atoms with Crippen molar-refractivity contribution in [2.45, 2.75) is 19.8 Å². The Morgan fingerprint density at radius 1 is 1.27 bits per heavy atom. The predicted molar refractivity (Wildman–Crippen MR) is 36.5 cm³/mol. The minimum atomic E-state index is -0.302. The molecule has 0 aromatic carbocycles. The molecule has 2 rings (SSSR count). The van der Waals surface area contributed by atoms with E-state index < -0.39 is 0 Å². The van der Waals surface area contributed by atoms with Crippen LogP contribution in [-0.4, -0.2) is 11.9 Å². The van der Waals surface area contributed by atoms with E-state index in [1.165, 1.54) is 0 Å². The quantitative estimate of drug-likeness (QED) is 0.381. The van der Waals surface area contributed by atoms with Crippen molar-refractivity contribution in [3.63, 3.8) is 0 Å². The van der Waals surface area contributed by atoms with Crippen LogP contribution in [0, 0.1) is 17.8 Å². The topological polar surface area (TPSA) is 43.4 Å². The van der Waals surface area contributed by atoms with Crippen molar-refractivity contribution in [3.8, 4) is 0 Å². The van der Waals surface area contributed by atoms with E-state index in [2.05, 4.69) is 4.74 Å². The van der Waals surface area contributed by atoms with Crippen molar-refractivity contribution in [1.82, 2.24) is 0 Å². The standard InChI is InChI=1S/C8H10O3/c1-4-2-3-5-6(4)8(10)11-7(5)9/h4-6H,2-3H2,1H3/t4?,5-,6+/m1/s1. The lowest BCUT2D eigenvalue weighted by atomic mass is 9.93. The van der Waals surface area contributed by atoms with Crippen molar-refractivity contribution in [1.29, 1.82) is 0 Å². The molecule has 3 nitrogen and oxygen atoms in total. The van der Waals surface area contributed by atoms with E-state index in [1.54, 1.807) is 0 Å². The fourth-order valence-corrected chi connectivity index (χ4v) is 2.10. The highest BCUT2D eigenvalue weighted by Gasteiger charge is 2.50. The second-order valence-corrected chi connectivity index (χ2v) is 3.43. The molecule has 1 aliphatic carbocycles. The van der Waals surface area contributed by atoms with Crippen molar-refractivity contribution >= 4 is 11.9 Å². The maximum atomic E-state index is 11.0. The molecule has 0 spiro atoms. The summed E-state index contributed by atoms with van der Waals surface area (Å²) in [5, 5.41) is 0. The van der Waals surface area contributed by atoms with Gasteiger partial charge in [0.2, 0.25) is 0 Å². The van der Waals surface area contributed by atoms with Gasteiger partial charge in [-0.2, -0.15) is 0 Å². The summed E-state index contributed by atoms with van der Waals surface area (Å²) in [5.41, 5.74) is 0. The molecule has 0 bridgehead atoms. The first kappa shape index (κ1) is 6.83. The number of hydrogen-bond donors (Lipinski definition) is 0. The molecule has 0 N–H and O–H groups in total. The van der Waals surface area contributed by atoms with Gasteiger partial charge in [-0.3, -0.25) is 9.59 Å². The average Bonchev–Trinajstić information content (AvgIpc) is 2.41. The Bertz CT molecular complexity index is 221. The molecular formula is C8H10O3. The maximum absolute atomic E-state index is 11.0.